The molecule has 4 rings (SSSR count). The lowest BCUT2D eigenvalue weighted by atomic mass is 9.95. The molecular formula is C21H20ClF4N5O6S. The summed E-state index contributed by atoms with van der Waals surface area (Å²) in [5, 5.41) is 18.4. The molecule has 38 heavy (non-hydrogen) atoms. The molecule has 0 unspecified atom stereocenters. The first-order valence-corrected chi connectivity index (χ1v) is 12.8. The molecule has 0 spiro atoms. The van der Waals surface area contributed by atoms with Gasteiger partial charge in [-0.2, -0.15) is 21.6 Å². The molecule has 0 bridgehead atoms. The van der Waals surface area contributed by atoms with Gasteiger partial charge in [-0.05, 0) is 24.8 Å². The third-order valence-electron chi connectivity index (χ3n) is 6.08. The van der Waals surface area contributed by atoms with E-state index >= 15 is 0 Å². The first-order chi connectivity index (χ1) is 17.7. The van der Waals surface area contributed by atoms with Crippen molar-refractivity contribution in [3.63, 3.8) is 0 Å². The van der Waals surface area contributed by atoms with Gasteiger partial charge in [0, 0.05) is 29.9 Å². The molecular weight excluding hydrogens is 562 g/mol. The van der Waals surface area contributed by atoms with Crippen LogP contribution in [0.2, 0.25) is 5.15 Å². The van der Waals surface area contributed by atoms with Crippen molar-refractivity contribution in [1.29, 1.82) is 0 Å². The van der Waals surface area contributed by atoms with Crippen molar-refractivity contribution in [1.82, 2.24) is 19.7 Å². The molecule has 1 aliphatic carbocycles. The number of carbonyl (C=O) groups excluding carboxylic acids is 1. The molecule has 17 heteroatoms. The highest BCUT2D eigenvalue weighted by Crippen LogP contribution is 2.37. The van der Waals surface area contributed by atoms with Crippen LogP contribution in [-0.2, 0) is 33.6 Å². The second-order valence-corrected chi connectivity index (χ2v) is 10.4. The first-order valence-electron chi connectivity index (χ1n) is 10.9. The molecule has 1 fully saturated rings. The maximum absolute atomic E-state index is 14.8. The van der Waals surface area contributed by atoms with Gasteiger partial charge in [-0.15, -0.1) is 0 Å². The summed E-state index contributed by atoms with van der Waals surface area (Å²) >= 11 is 6.17. The Bertz CT molecular complexity index is 1430. The monoisotopic (exact) mass is 581 g/mol. The van der Waals surface area contributed by atoms with Crippen LogP contribution in [0.15, 0.2) is 35.4 Å². The molecule has 0 amide bonds. The number of hydrogen-bond donors (Lipinski definition) is 2. The zero-order valence-electron chi connectivity index (χ0n) is 19.2. The van der Waals surface area contributed by atoms with Gasteiger partial charge in [0.05, 0.1) is 30.5 Å². The van der Waals surface area contributed by atoms with Gasteiger partial charge in [-0.25, -0.2) is 19.5 Å². The van der Waals surface area contributed by atoms with Crippen molar-refractivity contribution in [3.8, 4) is 0 Å². The fraction of sp³-hybridized carbons (Fsp3) is 0.429. The number of nitrogens with two attached hydrogens (primary N) is 1. The highest BCUT2D eigenvalue weighted by molar-refractivity contribution is 7.84. The van der Waals surface area contributed by atoms with Crippen molar-refractivity contribution in [2.24, 2.45) is 17.0 Å². The molecule has 0 aliphatic heterocycles. The van der Waals surface area contributed by atoms with Crippen molar-refractivity contribution in [3.05, 3.63) is 64.3 Å². The molecule has 1 saturated carbocycles. The number of aromatic nitrogens is 4. The Labute approximate surface area is 217 Å². The number of aliphatic hydroxyl groups is 1. The highest BCUT2D eigenvalue weighted by Gasteiger charge is 2.44. The van der Waals surface area contributed by atoms with Crippen molar-refractivity contribution < 1.29 is 44.6 Å². The molecule has 0 radical (unpaired) electrons. The molecule has 3 aromatic rings. The first kappa shape index (κ1) is 28.1. The van der Waals surface area contributed by atoms with E-state index in [4.69, 9.17) is 16.7 Å². The summed E-state index contributed by atoms with van der Waals surface area (Å²) in [5.74, 6) is -3.53. The predicted molar refractivity (Wildman–Crippen MR) is 121 cm³/mol. The third-order valence-corrected chi connectivity index (χ3v) is 6.87. The van der Waals surface area contributed by atoms with E-state index in [9.17, 15) is 35.9 Å². The Morgan fingerprint density at radius 2 is 2.05 bits per heavy atom. The minimum Gasteiger partial charge on any atom is -0.390 e. The van der Waals surface area contributed by atoms with Crippen LogP contribution in [0.25, 0.3) is 0 Å². The average molecular weight is 582 g/mol. The number of hydrogen-bond acceptors (Lipinski definition) is 9. The maximum Gasteiger partial charge on any atom is 0.452 e. The standard InChI is InChI=1S/C21H20ClF4N5O6S/c22-17-3-11(6-31(17)7-13-4-16(37-30-13)21(24,25)26)19(32)14-5-28-9-29-15(14)2-10-1-12(20(33)18(10)23)8-36-38(27,34)35/h3-6,9-10,12,18,20,33H,1-2,7-8H2,(H2,27,34,35)/t10-,12+,18+,20+/m0/s1. The fourth-order valence-electron chi connectivity index (χ4n) is 4.27. The van der Waals surface area contributed by atoms with Crippen LogP contribution in [-0.4, -0.2) is 57.9 Å². The summed E-state index contributed by atoms with van der Waals surface area (Å²) < 4.78 is 85.2. The van der Waals surface area contributed by atoms with Gasteiger partial charge < -0.3 is 14.2 Å². The van der Waals surface area contributed by atoms with Gasteiger partial charge in [-0.1, -0.05) is 16.8 Å². The van der Waals surface area contributed by atoms with E-state index in [1.807, 2.05) is 0 Å². The number of nitrogens with zero attached hydrogens (tertiary/aromatic N) is 4. The fourth-order valence-corrected chi connectivity index (χ4v) is 4.86. The molecule has 4 atom stereocenters. The molecule has 3 N–H and O–H groups in total. The second kappa shape index (κ2) is 10.7. The van der Waals surface area contributed by atoms with Crippen LogP contribution in [0.4, 0.5) is 17.6 Å². The Morgan fingerprint density at radius 1 is 1.32 bits per heavy atom. The van der Waals surface area contributed by atoms with Crippen molar-refractivity contribution in [2.75, 3.05) is 6.61 Å². The van der Waals surface area contributed by atoms with Gasteiger partial charge in [0.25, 0.3) is 0 Å². The smallest absolute Gasteiger partial charge is 0.390 e. The number of aliphatic hydroxyl groups excluding tert-OH is 1. The maximum atomic E-state index is 14.8. The molecule has 206 valence electrons. The van der Waals surface area contributed by atoms with Crippen molar-refractivity contribution >= 4 is 27.7 Å². The SMILES string of the molecule is NS(=O)(=O)OC[C@H]1C[C@@H](Cc2ncncc2C(=O)c2cc(Cl)n(Cc3cc(C(F)(F)F)on3)c2)[C@@H](F)[C@@H]1O. The van der Waals surface area contributed by atoms with Crippen molar-refractivity contribution in [2.45, 2.75) is 37.8 Å². The lowest BCUT2D eigenvalue weighted by molar-refractivity contribution is -0.155. The molecule has 0 saturated heterocycles. The van der Waals surface area contributed by atoms with Crippen LogP contribution in [0.1, 0.15) is 39.5 Å². The largest absolute Gasteiger partial charge is 0.452 e. The molecule has 3 heterocycles. The normalized spacial score (nSPS) is 22.2. The summed E-state index contributed by atoms with van der Waals surface area (Å²) in [7, 11) is -4.28. The van der Waals surface area contributed by atoms with Gasteiger partial charge in [0.2, 0.25) is 5.76 Å². The average Bonchev–Trinajstić information content (AvgIpc) is 3.52. The summed E-state index contributed by atoms with van der Waals surface area (Å²) in [6.07, 6.45) is -4.32. The molecule has 11 nitrogen and oxygen atoms in total. The van der Waals surface area contributed by atoms with E-state index in [0.29, 0.717) is 6.07 Å². The van der Waals surface area contributed by atoms with E-state index < -0.39 is 58.7 Å². The van der Waals surface area contributed by atoms with Crippen LogP contribution in [0, 0.1) is 11.8 Å². The topological polar surface area (TPSA) is 163 Å². The van der Waals surface area contributed by atoms with Crippen LogP contribution in [0.3, 0.4) is 0 Å². The highest BCUT2D eigenvalue weighted by atomic mass is 35.5. The van der Waals surface area contributed by atoms with E-state index in [-0.39, 0.29) is 47.1 Å². The van der Waals surface area contributed by atoms with Crippen LogP contribution < -0.4 is 5.14 Å². The third kappa shape index (κ3) is 6.37. The van der Waals surface area contributed by atoms with E-state index in [2.05, 4.69) is 23.8 Å². The van der Waals surface area contributed by atoms with Gasteiger partial charge in [0.1, 0.15) is 23.3 Å². The lowest BCUT2D eigenvalue weighted by Crippen LogP contribution is -2.29. The number of ketones is 1. The lowest BCUT2D eigenvalue weighted by Gasteiger charge is -2.15. The minimum atomic E-state index is -4.71. The second-order valence-electron chi connectivity index (χ2n) is 8.74. The zero-order valence-corrected chi connectivity index (χ0v) is 20.7. The Morgan fingerprint density at radius 3 is 2.71 bits per heavy atom. The van der Waals surface area contributed by atoms with E-state index in [0.717, 1.165) is 6.33 Å². The predicted octanol–water partition coefficient (Wildman–Crippen LogP) is 2.32. The van der Waals surface area contributed by atoms with Crippen LogP contribution >= 0.6 is 11.6 Å². The minimum absolute atomic E-state index is 0.0213. The zero-order chi connectivity index (χ0) is 27.8. The van der Waals surface area contributed by atoms with Crippen LogP contribution in [0.5, 0.6) is 0 Å². The molecule has 1 aliphatic rings. The number of rotatable bonds is 9. The Kier molecular flexibility index (Phi) is 7.90. The van der Waals surface area contributed by atoms with E-state index in [1.165, 1.54) is 23.0 Å². The Balaban J connectivity index is 1.50. The summed E-state index contributed by atoms with van der Waals surface area (Å²) in [5.41, 5.74) is 0.182. The summed E-state index contributed by atoms with van der Waals surface area (Å²) in [6, 6.07) is 2.01. The van der Waals surface area contributed by atoms with Gasteiger partial charge in [-0.3, -0.25) is 8.98 Å². The van der Waals surface area contributed by atoms with Gasteiger partial charge >= 0.3 is 16.5 Å². The number of carbonyl (C=O) groups is 1. The Hall–Kier alpha value is -2.92. The quantitative estimate of drug-likeness (QED) is 0.285. The summed E-state index contributed by atoms with van der Waals surface area (Å²) in [6.45, 7) is -0.718. The number of halogens is 5. The van der Waals surface area contributed by atoms with Gasteiger partial charge in [0.15, 0.2) is 5.78 Å². The molecule has 3 aromatic heterocycles. The van der Waals surface area contributed by atoms with E-state index in [1.54, 1.807) is 0 Å². The summed E-state index contributed by atoms with van der Waals surface area (Å²) in [4.78, 5) is 21.2. The number of alkyl halides is 4. The molecule has 0 aromatic carbocycles.